The van der Waals surface area contributed by atoms with Crippen molar-refractivity contribution in [3.63, 3.8) is 0 Å². The Morgan fingerprint density at radius 3 is 2.68 bits per heavy atom. The van der Waals surface area contributed by atoms with Gasteiger partial charge in [-0.15, -0.1) is 0 Å². The minimum atomic E-state index is -0.938. The molecule has 1 aromatic carbocycles. The summed E-state index contributed by atoms with van der Waals surface area (Å²) in [4.78, 5) is 37.9. The third kappa shape index (κ3) is 3.99. The molecule has 0 bridgehead atoms. The quantitative estimate of drug-likeness (QED) is 0.844. The van der Waals surface area contributed by atoms with E-state index in [1.54, 1.807) is 11.0 Å². The topological polar surface area (TPSA) is 95.9 Å². The molecule has 0 aromatic heterocycles. The van der Waals surface area contributed by atoms with Gasteiger partial charge in [0.05, 0.1) is 12.3 Å². The molecule has 2 aliphatic rings. The number of anilines is 1. The highest BCUT2D eigenvalue weighted by atomic mass is 16.5. The van der Waals surface area contributed by atoms with Crippen molar-refractivity contribution in [3.8, 4) is 0 Å². The van der Waals surface area contributed by atoms with Gasteiger partial charge in [0.2, 0.25) is 11.8 Å². The molecule has 2 N–H and O–H groups in total. The van der Waals surface area contributed by atoms with Gasteiger partial charge < -0.3 is 20.1 Å². The zero-order valence-corrected chi connectivity index (χ0v) is 13.9. The fourth-order valence-corrected chi connectivity index (χ4v) is 3.52. The molecule has 3 rings (SSSR count). The Balaban J connectivity index is 1.85. The SMILES string of the molecule is O=C(O)CCN(C(=O)[C@H]1CC(=O)Nc2ccccc21)C1CCOCC1. The first-order valence-corrected chi connectivity index (χ1v) is 8.55. The smallest absolute Gasteiger partial charge is 0.305 e. The van der Waals surface area contributed by atoms with E-state index in [0.717, 1.165) is 5.56 Å². The second-order valence-electron chi connectivity index (χ2n) is 6.41. The lowest BCUT2D eigenvalue weighted by Gasteiger charge is -2.37. The van der Waals surface area contributed by atoms with Crippen LogP contribution in [0.2, 0.25) is 0 Å². The summed E-state index contributed by atoms with van der Waals surface area (Å²) < 4.78 is 5.36. The Morgan fingerprint density at radius 2 is 1.96 bits per heavy atom. The minimum absolute atomic E-state index is 0.0438. The molecule has 0 unspecified atom stereocenters. The summed E-state index contributed by atoms with van der Waals surface area (Å²) in [5, 5.41) is 11.8. The van der Waals surface area contributed by atoms with Gasteiger partial charge in [0.15, 0.2) is 0 Å². The number of hydrogen-bond acceptors (Lipinski definition) is 4. The molecule has 1 atom stereocenters. The molecular formula is C18H22N2O5. The molecule has 7 heteroatoms. The molecule has 1 aromatic rings. The van der Waals surface area contributed by atoms with Crippen LogP contribution in [0.3, 0.4) is 0 Å². The maximum atomic E-state index is 13.2. The molecule has 2 amide bonds. The molecule has 7 nitrogen and oxygen atoms in total. The lowest BCUT2D eigenvalue weighted by atomic mass is 9.88. The molecule has 2 heterocycles. The first-order chi connectivity index (χ1) is 12.1. The van der Waals surface area contributed by atoms with Crippen LogP contribution in [0.1, 0.15) is 37.2 Å². The number of carboxylic acids is 1. The summed E-state index contributed by atoms with van der Waals surface area (Å²) >= 11 is 0. The largest absolute Gasteiger partial charge is 0.481 e. The molecule has 25 heavy (non-hydrogen) atoms. The average Bonchev–Trinajstić information content (AvgIpc) is 2.61. The lowest BCUT2D eigenvalue weighted by Crippen LogP contribution is -2.47. The summed E-state index contributed by atoms with van der Waals surface area (Å²) in [5.41, 5.74) is 1.45. The fourth-order valence-electron chi connectivity index (χ4n) is 3.52. The molecule has 1 fully saturated rings. The Hall–Kier alpha value is -2.41. The lowest BCUT2D eigenvalue weighted by molar-refractivity contribution is -0.142. The Morgan fingerprint density at radius 1 is 1.24 bits per heavy atom. The summed E-state index contributed by atoms with van der Waals surface area (Å²) in [6, 6.07) is 7.23. The van der Waals surface area contributed by atoms with E-state index in [2.05, 4.69) is 5.32 Å². The standard InChI is InChI=1S/C18H22N2O5/c21-16-11-14(13-3-1-2-4-15(13)19-16)18(24)20(8-5-17(22)23)12-6-9-25-10-7-12/h1-4,12,14H,5-11H2,(H,19,21)(H,22,23)/t14-/m0/s1. The van der Waals surface area contributed by atoms with Crippen molar-refractivity contribution in [2.45, 2.75) is 37.6 Å². The Labute approximate surface area is 146 Å². The second-order valence-corrected chi connectivity index (χ2v) is 6.41. The summed E-state index contributed by atoms with van der Waals surface area (Å²) in [6.07, 6.45) is 1.35. The van der Waals surface area contributed by atoms with Crippen LogP contribution in [0.25, 0.3) is 0 Å². The number of nitrogens with one attached hydrogen (secondary N) is 1. The maximum absolute atomic E-state index is 13.2. The van der Waals surface area contributed by atoms with Crippen LogP contribution in [0, 0.1) is 0 Å². The summed E-state index contributed by atoms with van der Waals surface area (Å²) in [6.45, 7) is 1.27. The van der Waals surface area contributed by atoms with Crippen LogP contribution >= 0.6 is 0 Å². The molecule has 0 saturated carbocycles. The number of fused-ring (bicyclic) bond motifs is 1. The predicted molar refractivity (Wildman–Crippen MR) is 90.2 cm³/mol. The number of nitrogens with zero attached hydrogens (tertiary/aromatic N) is 1. The van der Waals surface area contributed by atoms with Crippen molar-refractivity contribution in [2.75, 3.05) is 25.1 Å². The number of ether oxygens (including phenoxy) is 1. The maximum Gasteiger partial charge on any atom is 0.305 e. The number of benzene rings is 1. The zero-order valence-electron chi connectivity index (χ0n) is 13.9. The van der Waals surface area contributed by atoms with Gasteiger partial charge in [0.1, 0.15) is 0 Å². The van der Waals surface area contributed by atoms with Gasteiger partial charge in [0, 0.05) is 37.9 Å². The molecular weight excluding hydrogens is 324 g/mol. The van der Waals surface area contributed by atoms with E-state index in [-0.39, 0.29) is 37.2 Å². The van der Waals surface area contributed by atoms with Gasteiger partial charge in [-0.1, -0.05) is 18.2 Å². The van der Waals surface area contributed by atoms with Gasteiger partial charge in [-0.25, -0.2) is 0 Å². The summed E-state index contributed by atoms with van der Waals surface area (Å²) in [7, 11) is 0. The van der Waals surface area contributed by atoms with Crippen LogP contribution in [-0.2, 0) is 19.1 Å². The first kappa shape index (κ1) is 17.4. The van der Waals surface area contributed by atoms with E-state index >= 15 is 0 Å². The van der Waals surface area contributed by atoms with Crippen LogP contribution in [-0.4, -0.2) is 53.6 Å². The Bertz CT molecular complexity index is 669. The van der Waals surface area contributed by atoms with E-state index in [9.17, 15) is 14.4 Å². The number of hydrogen-bond donors (Lipinski definition) is 2. The van der Waals surface area contributed by atoms with Gasteiger partial charge in [-0.3, -0.25) is 14.4 Å². The van der Waals surface area contributed by atoms with Crippen LogP contribution in [0.15, 0.2) is 24.3 Å². The number of rotatable bonds is 5. The highest BCUT2D eigenvalue weighted by molar-refractivity contribution is 6.01. The zero-order chi connectivity index (χ0) is 17.8. The van der Waals surface area contributed by atoms with Crippen LogP contribution < -0.4 is 5.32 Å². The van der Waals surface area contributed by atoms with E-state index in [1.165, 1.54) is 0 Å². The molecule has 134 valence electrons. The van der Waals surface area contributed by atoms with Crippen LogP contribution in [0.5, 0.6) is 0 Å². The van der Waals surface area contributed by atoms with Crippen molar-refractivity contribution < 1.29 is 24.2 Å². The normalized spacial score (nSPS) is 20.5. The number of para-hydroxylation sites is 1. The number of aliphatic carboxylic acids is 1. The Kier molecular flexibility index (Phi) is 5.33. The van der Waals surface area contributed by atoms with Crippen molar-refractivity contribution in [1.82, 2.24) is 4.90 Å². The van der Waals surface area contributed by atoms with E-state index in [1.807, 2.05) is 18.2 Å². The van der Waals surface area contributed by atoms with Crippen molar-refractivity contribution >= 4 is 23.5 Å². The third-order valence-corrected chi connectivity index (χ3v) is 4.78. The number of amides is 2. The van der Waals surface area contributed by atoms with Crippen molar-refractivity contribution in [2.24, 2.45) is 0 Å². The van der Waals surface area contributed by atoms with E-state index in [0.29, 0.717) is 31.7 Å². The van der Waals surface area contributed by atoms with Gasteiger partial charge in [-0.2, -0.15) is 0 Å². The predicted octanol–water partition coefficient (Wildman–Crippen LogP) is 1.59. The summed E-state index contributed by atoms with van der Waals surface area (Å²) in [5.74, 6) is -1.87. The van der Waals surface area contributed by atoms with E-state index < -0.39 is 11.9 Å². The highest BCUT2D eigenvalue weighted by Crippen LogP contribution is 2.34. The number of carboxylic acid groups (broad SMARTS) is 1. The van der Waals surface area contributed by atoms with Crippen LogP contribution in [0.4, 0.5) is 5.69 Å². The first-order valence-electron chi connectivity index (χ1n) is 8.55. The molecule has 1 saturated heterocycles. The van der Waals surface area contributed by atoms with Crippen molar-refractivity contribution in [1.29, 1.82) is 0 Å². The highest BCUT2D eigenvalue weighted by Gasteiger charge is 2.36. The fraction of sp³-hybridized carbons (Fsp3) is 0.500. The number of carbonyl (C=O) groups is 3. The molecule has 0 spiro atoms. The average molecular weight is 346 g/mol. The van der Waals surface area contributed by atoms with Gasteiger partial charge in [-0.05, 0) is 24.5 Å². The minimum Gasteiger partial charge on any atom is -0.481 e. The van der Waals surface area contributed by atoms with Gasteiger partial charge in [0.25, 0.3) is 0 Å². The van der Waals surface area contributed by atoms with Crippen molar-refractivity contribution in [3.05, 3.63) is 29.8 Å². The van der Waals surface area contributed by atoms with E-state index in [4.69, 9.17) is 9.84 Å². The second kappa shape index (κ2) is 7.65. The molecule has 0 radical (unpaired) electrons. The number of carbonyl (C=O) groups excluding carboxylic acids is 2. The molecule has 2 aliphatic heterocycles. The van der Waals surface area contributed by atoms with Gasteiger partial charge >= 0.3 is 5.97 Å². The third-order valence-electron chi connectivity index (χ3n) is 4.78. The monoisotopic (exact) mass is 346 g/mol. The molecule has 0 aliphatic carbocycles.